The number of hydrogen-bond donors (Lipinski definition) is 2. The SMILES string of the molecule is Cc1ccc(CNS(=O)(=O)c2ccc(CO)cc2F)o1. The van der Waals surface area contributed by atoms with Crippen molar-refractivity contribution in [3.8, 4) is 0 Å². The van der Waals surface area contributed by atoms with Gasteiger partial charge in [-0.05, 0) is 36.8 Å². The Morgan fingerprint density at radius 3 is 2.60 bits per heavy atom. The Kier molecular flexibility index (Phi) is 4.22. The van der Waals surface area contributed by atoms with Crippen molar-refractivity contribution >= 4 is 10.0 Å². The predicted octanol–water partition coefficient (Wildman–Crippen LogP) is 1.70. The molecule has 108 valence electrons. The van der Waals surface area contributed by atoms with Gasteiger partial charge in [-0.2, -0.15) is 0 Å². The van der Waals surface area contributed by atoms with Crippen molar-refractivity contribution in [2.45, 2.75) is 25.0 Å². The molecule has 0 amide bonds. The van der Waals surface area contributed by atoms with E-state index in [0.29, 0.717) is 17.1 Å². The third-order valence-electron chi connectivity index (χ3n) is 2.70. The van der Waals surface area contributed by atoms with Gasteiger partial charge in [0.15, 0.2) is 0 Å². The molecule has 2 rings (SSSR count). The summed E-state index contributed by atoms with van der Waals surface area (Å²) >= 11 is 0. The number of aliphatic hydroxyl groups is 1. The van der Waals surface area contributed by atoms with Crippen LogP contribution in [0.4, 0.5) is 4.39 Å². The van der Waals surface area contributed by atoms with Gasteiger partial charge in [0, 0.05) is 0 Å². The predicted molar refractivity (Wildman–Crippen MR) is 69.8 cm³/mol. The maximum Gasteiger partial charge on any atom is 0.243 e. The first kappa shape index (κ1) is 14.7. The Balaban J connectivity index is 2.18. The van der Waals surface area contributed by atoms with Crippen molar-refractivity contribution in [2.24, 2.45) is 0 Å². The van der Waals surface area contributed by atoms with Crippen molar-refractivity contribution < 1.29 is 22.3 Å². The molecule has 0 radical (unpaired) electrons. The summed E-state index contributed by atoms with van der Waals surface area (Å²) in [4.78, 5) is -0.460. The molecule has 0 unspecified atom stereocenters. The number of halogens is 1. The van der Waals surface area contributed by atoms with Crippen molar-refractivity contribution in [1.82, 2.24) is 4.72 Å². The minimum Gasteiger partial charge on any atom is -0.465 e. The van der Waals surface area contributed by atoms with E-state index in [1.807, 2.05) is 0 Å². The second-order valence-electron chi connectivity index (χ2n) is 4.26. The molecule has 0 saturated carbocycles. The van der Waals surface area contributed by atoms with E-state index in [1.165, 1.54) is 6.07 Å². The van der Waals surface area contributed by atoms with Crippen LogP contribution in [-0.4, -0.2) is 13.5 Å². The number of benzene rings is 1. The molecule has 1 aromatic heterocycles. The highest BCUT2D eigenvalue weighted by Gasteiger charge is 2.19. The first-order chi connectivity index (χ1) is 9.42. The molecule has 0 aliphatic heterocycles. The molecule has 7 heteroatoms. The van der Waals surface area contributed by atoms with Crippen LogP contribution < -0.4 is 4.72 Å². The minimum absolute atomic E-state index is 0.0582. The van der Waals surface area contributed by atoms with Crippen LogP contribution in [0.3, 0.4) is 0 Å². The van der Waals surface area contributed by atoms with E-state index in [2.05, 4.69) is 4.72 Å². The highest BCUT2D eigenvalue weighted by molar-refractivity contribution is 7.89. The first-order valence-corrected chi connectivity index (χ1v) is 7.35. The lowest BCUT2D eigenvalue weighted by atomic mass is 10.2. The molecule has 0 fully saturated rings. The van der Waals surface area contributed by atoms with E-state index in [0.717, 1.165) is 12.1 Å². The lowest BCUT2D eigenvalue weighted by molar-refractivity contribution is 0.281. The van der Waals surface area contributed by atoms with E-state index >= 15 is 0 Å². The van der Waals surface area contributed by atoms with E-state index in [9.17, 15) is 12.8 Å². The van der Waals surface area contributed by atoms with Crippen LogP contribution >= 0.6 is 0 Å². The fraction of sp³-hybridized carbons (Fsp3) is 0.231. The number of nitrogens with one attached hydrogen (secondary N) is 1. The molecule has 0 aliphatic rings. The summed E-state index contributed by atoms with van der Waals surface area (Å²) in [7, 11) is -3.97. The fourth-order valence-corrected chi connectivity index (χ4v) is 2.74. The smallest absolute Gasteiger partial charge is 0.243 e. The van der Waals surface area contributed by atoms with Crippen molar-refractivity contribution in [3.05, 3.63) is 53.2 Å². The molecule has 0 spiro atoms. The van der Waals surface area contributed by atoms with E-state index in [4.69, 9.17) is 9.52 Å². The molecule has 1 heterocycles. The van der Waals surface area contributed by atoms with E-state index in [-0.39, 0.29) is 13.2 Å². The summed E-state index contributed by atoms with van der Waals surface area (Å²) in [5, 5.41) is 8.87. The topological polar surface area (TPSA) is 79.5 Å². The monoisotopic (exact) mass is 299 g/mol. The maximum atomic E-state index is 13.7. The molecular weight excluding hydrogens is 285 g/mol. The molecule has 20 heavy (non-hydrogen) atoms. The Morgan fingerprint density at radius 2 is 2.05 bits per heavy atom. The summed E-state index contributed by atoms with van der Waals surface area (Å²) < 4.78 is 45.2. The average Bonchev–Trinajstić information content (AvgIpc) is 2.82. The zero-order valence-electron chi connectivity index (χ0n) is 10.8. The van der Waals surface area contributed by atoms with Gasteiger partial charge in [-0.15, -0.1) is 0 Å². The third kappa shape index (κ3) is 3.24. The van der Waals surface area contributed by atoms with Crippen molar-refractivity contribution in [2.75, 3.05) is 0 Å². The average molecular weight is 299 g/mol. The van der Waals surface area contributed by atoms with Crippen molar-refractivity contribution in [1.29, 1.82) is 0 Å². The van der Waals surface area contributed by atoms with Gasteiger partial charge in [-0.1, -0.05) is 6.07 Å². The van der Waals surface area contributed by atoms with E-state index < -0.39 is 20.7 Å². The molecule has 1 aromatic carbocycles. The van der Waals surface area contributed by atoms with Gasteiger partial charge in [-0.3, -0.25) is 0 Å². The summed E-state index contributed by atoms with van der Waals surface area (Å²) in [6, 6.07) is 6.82. The molecule has 0 bridgehead atoms. The molecule has 0 saturated heterocycles. The third-order valence-corrected chi connectivity index (χ3v) is 4.14. The van der Waals surface area contributed by atoms with Crippen LogP contribution in [0, 0.1) is 12.7 Å². The Bertz CT molecular complexity index is 709. The van der Waals surface area contributed by atoms with Crippen molar-refractivity contribution in [3.63, 3.8) is 0 Å². The molecule has 5 nitrogen and oxygen atoms in total. The minimum atomic E-state index is -3.97. The van der Waals surface area contributed by atoms with Crippen LogP contribution in [0.1, 0.15) is 17.1 Å². The Labute approximate surface area is 116 Å². The second-order valence-corrected chi connectivity index (χ2v) is 6.00. The number of furan rings is 1. The van der Waals surface area contributed by atoms with Crippen LogP contribution in [-0.2, 0) is 23.2 Å². The zero-order valence-corrected chi connectivity index (χ0v) is 11.6. The highest BCUT2D eigenvalue weighted by atomic mass is 32.2. The number of hydrogen-bond acceptors (Lipinski definition) is 4. The first-order valence-electron chi connectivity index (χ1n) is 5.86. The molecule has 2 N–H and O–H groups in total. The lowest BCUT2D eigenvalue weighted by Gasteiger charge is -2.07. The van der Waals surface area contributed by atoms with Crippen LogP contribution in [0.5, 0.6) is 0 Å². The lowest BCUT2D eigenvalue weighted by Crippen LogP contribution is -2.24. The quantitative estimate of drug-likeness (QED) is 0.880. The summed E-state index contributed by atoms with van der Waals surface area (Å²) in [5.41, 5.74) is 0.308. The highest BCUT2D eigenvalue weighted by Crippen LogP contribution is 2.17. The standard InChI is InChI=1S/C13H14FNO4S/c1-9-2-4-11(19-9)7-15-20(17,18)13-5-3-10(8-16)6-12(13)14/h2-6,15-16H,7-8H2,1H3. The summed E-state index contributed by atoms with van der Waals surface area (Å²) in [6.45, 7) is 1.33. The number of aryl methyl sites for hydroxylation is 1. The van der Waals surface area contributed by atoms with Gasteiger partial charge < -0.3 is 9.52 Å². The number of aliphatic hydroxyl groups excluding tert-OH is 1. The van der Waals surface area contributed by atoms with Gasteiger partial charge >= 0.3 is 0 Å². The number of sulfonamides is 1. The van der Waals surface area contributed by atoms with Gasteiger partial charge in [0.1, 0.15) is 22.2 Å². The van der Waals surface area contributed by atoms with Gasteiger partial charge in [0.05, 0.1) is 13.2 Å². The van der Waals surface area contributed by atoms with Crippen LogP contribution in [0.15, 0.2) is 39.6 Å². The van der Waals surface area contributed by atoms with E-state index in [1.54, 1.807) is 19.1 Å². The Morgan fingerprint density at radius 1 is 1.30 bits per heavy atom. The molecular formula is C13H14FNO4S. The van der Waals surface area contributed by atoms with Crippen LogP contribution in [0.2, 0.25) is 0 Å². The second kappa shape index (κ2) is 5.74. The molecule has 0 atom stereocenters. The van der Waals surface area contributed by atoms with Gasteiger partial charge in [0.25, 0.3) is 0 Å². The van der Waals surface area contributed by atoms with Gasteiger partial charge in [0.2, 0.25) is 10.0 Å². The normalized spacial score (nSPS) is 11.8. The summed E-state index contributed by atoms with van der Waals surface area (Å²) in [6.07, 6.45) is 0. The number of rotatable bonds is 5. The zero-order chi connectivity index (χ0) is 14.8. The largest absolute Gasteiger partial charge is 0.465 e. The fourth-order valence-electron chi connectivity index (χ4n) is 1.68. The molecule has 0 aliphatic carbocycles. The Hall–Kier alpha value is -1.70. The van der Waals surface area contributed by atoms with Crippen LogP contribution in [0.25, 0.3) is 0 Å². The molecule has 2 aromatic rings. The van der Waals surface area contributed by atoms with Gasteiger partial charge in [-0.25, -0.2) is 17.5 Å². The summed E-state index contributed by atoms with van der Waals surface area (Å²) in [5.74, 6) is 0.204. The maximum absolute atomic E-state index is 13.7.